The number of benzene rings is 1. The van der Waals surface area contributed by atoms with Gasteiger partial charge in [0.2, 0.25) is 5.88 Å². The van der Waals surface area contributed by atoms with Crippen LogP contribution in [0.4, 0.5) is 5.69 Å². The van der Waals surface area contributed by atoms with Gasteiger partial charge in [-0.2, -0.15) is 0 Å². The fourth-order valence-corrected chi connectivity index (χ4v) is 4.13. The first-order valence-electron chi connectivity index (χ1n) is 8.03. The normalized spacial score (nSPS) is 14.2. The molecule has 1 aliphatic heterocycles. The van der Waals surface area contributed by atoms with E-state index in [0.29, 0.717) is 21.8 Å². The van der Waals surface area contributed by atoms with Crippen LogP contribution in [0.1, 0.15) is 35.8 Å². The Hall–Kier alpha value is -2.25. The van der Waals surface area contributed by atoms with Gasteiger partial charge >= 0.3 is 5.97 Å². The van der Waals surface area contributed by atoms with Crippen molar-refractivity contribution >= 4 is 53.1 Å². The maximum Gasteiger partial charge on any atom is 0.303 e. The van der Waals surface area contributed by atoms with Gasteiger partial charge in [0.15, 0.2) is 3.95 Å². The molecule has 0 spiro atoms. The van der Waals surface area contributed by atoms with E-state index >= 15 is 0 Å². The maximum atomic E-state index is 10.6. The molecule has 0 bridgehead atoms. The van der Waals surface area contributed by atoms with Crippen LogP contribution in [0.3, 0.4) is 0 Å². The van der Waals surface area contributed by atoms with Crippen molar-refractivity contribution in [1.29, 1.82) is 0 Å². The topological polar surface area (TPSA) is 74.8 Å². The first-order valence-corrected chi connectivity index (χ1v) is 9.26. The summed E-state index contributed by atoms with van der Waals surface area (Å²) in [5.74, 6) is -0.768. The Morgan fingerprint density at radius 2 is 2.24 bits per heavy atom. The molecule has 1 aromatic carbocycles. The molecule has 130 valence electrons. The number of allylic oxidation sites excluding steroid dienone is 1. The molecule has 2 aromatic rings. The van der Waals surface area contributed by atoms with Crippen molar-refractivity contribution in [2.45, 2.75) is 32.7 Å². The highest BCUT2D eigenvalue weighted by molar-refractivity contribution is 7.73. The summed E-state index contributed by atoms with van der Waals surface area (Å²) >= 11 is 6.62. The molecule has 25 heavy (non-hydrogen) atoms. The third-order valence-electron chi connectivity index (χ3n) is 4.10. The number of rotatable bonds is 6. The van der Waals surface area contributed by atoms with E-state index in [2.05, 4.69) is 18.0 Å². The summed E-state index contributed by atoms with van der Waals surface area (Å²) < 4.78 is 2.12. The SMILES string of the molecule is CCc1cccc2c1N=CC2=Cc1sc(=S)n(CCCC(=O)O)c1O. The summed E-state index contributed by atoms with van der Waals surface area (Å²) in [5.41, 5.74) is 4.17. The van der Waals surface area contributed by atoms with E-state index in [1.165, 1.54) is 16.9 Å². The summed E-state index contributed by atoms with van der Waals surface area (Å²) in [6.07, 6.45) is 5.08. The van der Waals surface area contributed by atoms with Gasteiger partial charge < -0.3 is 10.2 Å². The maximum absolute atomic E-state index is 10.6. The van der Waals surface area contributed by atoms with Crippen LogP contribution in [0, 0.1) is 3.95 Å². The van der Waals surface area contributed by atoms with Crippen LogP contribution in [0.2, 0.25) is 0 Å². The van der Waals surface area contributed by atoms with Crippen LogP contribution in [0.25, 0.3) is 11.6 Å². The Bertz CT molecular complexity index is 938. The fourth-order valence-electron chi connectivity index (χ4n) is 2.82. The predicted molar refractivity (Wildman–Crippen MR) is 104 cm³/mol. The molecule has 0 fully saturated rings. The number of aromatic hydroxyl groups is 1. The molecule has 0 saturated heterocycles. The highest BCUT2D eigenvalue weighted by Crippen LogP contribution is 2.38. The summed E-state index contributed by atoms with van der Waals surface area (Å²) in [7, 11) is 0. The van der Waals surface area contributed by atoms with Gasteiger partial charge in [0.05, 0.1) is 10.6 Å². The average molecular weight is 374 g/mol. The second-order valence-corrected chi connectivity index (χ2v) is 7.41. The number of para-hydroxylation sites is 1. The van der Waals surface area contributed by atoms with Crippen LogP contribution in [-0.4, -0.2) is 27.0 Å². The summed E-state index contributed by atoms with van der Waals surface area (Å²) in [6, 6.07) is 6.10. The number of carboxylic acids is 1. The second-order valence-electron chi connectivity index (χ2n) is 5.73. The minimum absolute atomic E-state index is 0.0489. The molecule has 7 heteroatoms. The lowest BCUT2D eigenvalue weighted by atomic mass is 10.0. The zero-order chi connectivity index (χ0) is 18.0. The molecular formula is C18H18N2O3S2. The summed E-state index contributed by atoms with van der Waals surface area (Å²) in [6.45, 7) is 2.49. The number of fused-ring (bicyclic) bond motifs is 1. The number of aliphatic imine (C=N–C) groups is 1. The molecule has 0 aliphatic carbocycles. The van der Waals surface area contributed by atoms with Crippen LogP contribution in [0.15, 0.2) is 23.2 Å². The summed E-state index contributed by atoms with van der Waals surface area (Å²) in [4.78, 5) is 15.8. The molecule has 3 rings (SSSR count). The van der Waals surface area contributed by atoms with Crippen molar-refractivity contribution in [3.05, 3.63) is 38.2 Å². The highest BCUT2D eigenvalue weighted by Gasteiger charge is 2.17. The van der Waals surface area contributed by atoms with E-state index in [9.17, 15) is 9.90 Å². The van der Waals surface area contributed by atoms with E-state index in [-0.39, 0.29) is 12.3 Å². The zero-order valence-corrected chi connectivity index (χ0v) is 15.4. The molecule has 2 heterocycles. The van der Waals surface area contributed by atoms with Crippen LogP contribution in [0.5, 0.6) is 5.88 Å². The third-order valence-corrected chi connectivity index (χ3v) is 5.48. The van der Waals surface area contributed by atoms with Crippen molar-refractivity contribution in [3.8, 4) is 5.88 Å². The van der Waals surface area contributed by atoms with Crippen molar-refractivity contribution in [2.24, 2.45) is 4.99 Å². The predicted octanol–water partition coefficient (Wildman–Crippen LogP) is 4.67. The Morgan fingerprint density at radius 3 is 2.96 bits per heavy atom. The number of aromatic nitrogens is 1. The van der Waals surface area contributed by atoms with Gasteiger partial charge in [-0.3, -0.25) is 14.4 Å². The highest BCUT2D eigenvalue weighted by atomic mass is 32.1. The van der Waals surface area contributed by atoms with Gasteiger partial charge in [-0.25, -0.2) is 0 Å². The lowest BCUT2D eigenvalue weighted by molar-refractivity contribution is -0.137. The van der Waals surface area contributed by atoms with E-state index in [4.69, 9.17) is 17.3 Å². The first kappa shape index (κ1) is 17.6. The van der Waals surface area contributed by atoms with E-state index in [1.54, 1.807) is 10.8 Å². The monoisotopic (exact) mass is 374 g/mol. The Morgan fingerprint density at radius 1 is 1.44 bits per heavy atom. The molecule has 0 unspecified atom stereocenters. The van der Waals surface area contributed by atoms with Crippen LogP contribution < -0.4 is 0 Å². The smallest absolute Gasteiger partial charge is 0.303 e. The molecule has 2 N–H and O–H groups in total. The van der Waals surface area contributed by atoms with Crippen molar-refractivity contribution < 1.29 is 15.0 Å². The van der Waals surface area contributed by atoms with Crippen LogP contribution in [-0.2, 0) is 17.8 Å². The minimum atomic E-state index is -0.853. The minimum Gasteiger partial charge on any atom is -0.493 e. The number of thiazole rings is 1. The molecule has 0 saturated carbocycles. The number of aliphatic carboxylic acids is 1. The molecule has 1 aromatic heterocycles. The number of carboxylic acid groups (broad SMARTS) is 1. The molecule has 1 aliphatic rings. The lowest BCUT2D eigenvalue weighted by Crippen LogP contribution is -2.01. The molecule has 0 amide bonds. The molecular weight excluding hydrogens is 356 g/mol. The van der Waals surface area contributed by atoms with Gasteiger partial charge in [0.1, 0.15) is 0 Å². The average Bonchev–Trinajstić information content (AvgIpc) is 3.11. The molecule has 5 nitrogen and oxygen atoms in total. The number of hydrogen-bond donors (Lipinski definition) is 2. The quantitative estimate of drug-likeness (QED) is 0.721. The third kappa shape index (κ3) is 3.57. The van der Waals surface area contributed by atoms with E-state index < -0.39 is 5.97 Å². The van der Waals surface area contributed by atoms with Crippen molar-refractivity contribution in [2.75, 3.05) is 0 Å². The number of carbonyl (C=O) groups is 1. The van der Waals surface area contributed by atoms with Crippen molar-refractivity contribution in [1.82, 2.24) is 4.57 Å². The zero-order valence-electron chi connectivity index (χ0n) is 13.7. The fraction of sp³-hybridized carbons (Fsp3) is 0.278. The van der Waals surface area contributed by atoms with Gasteiger partial charge in [-0.1, -0.05) is 25.1 Å². The van der Waals surface area contributed by atoms with Gasteiger partial charge in [-0.15, -0.1) is 11.3 Å². The number of hydrogen-bond acceptors (Lipinski definition) is 5. The summed E-state index contributed by atoms with van der Waals surface area (Å²) in [5, 5.41) is 19.2. The van der Waals surface area contributed by atoms with Crippen molar-refractivity contribution in [3.63, 3.8) is 0 Å². The van der Waals surface area contributed by atoms with Gasteiger partial charge in [-0.05, 0) is 36.7 Å². The Kier molecular flexibility index (Phi) is 5.15. The second kappa shape index (κ2) is 7.33. The van der Waals surface area contributed by atoms with Crippen LogP contribution >= 0.6 is 23.6 Å². The molecule has 0 atom stereocenters. The Labute approximate surface area is 154 Å². The lowest BCUT2D eigenvalue weighted by Gasteiger charge is -2.05. The van der Waals surface area contributed by atoms with Gasteiger partial charge in [0, 0.05) is 30.3 Å². The molecule has 0 radical (unpaired) electrons. The number of aryl methyl sites for hydroxylation is 1. The number of nitrogens with zero attached hydrogens (tertiary/aromatic N) is 2. The van der Waals surface area contributed by atoms with Gasteiger partial charge in [0.25, 0.3) is 0 Å². The standard InChI is InChI=1S/C18H18N2O3S2/c1-2-11-5-3-6-13-12(10-19-16(11)13)9-14-17(23)20(18(24)25-14)8-4-7-15(21)22/h3,5-6,9-10,23H,2,4,7-8H2,1H3,(H,21,22). The van der Waals surface area contributed by atoms with E-state index in [1.807, 2.05) is 18.2 Å². The first-order chi connectivity index (χ1) is 12.0. The Balaban J connectivity index is 1.91. The van der Waals surface area contributed by atoms with E-state index in [0.717, 1.165) is 23.2 Å². The largest absolute Gasteiger partial charge is 0.493 e.